The number of rotatable bonds is 8. The van der Waals surface area contributed by atoms with Crippen molar-refractivity contribution in [3.63, 3.8) is 0 Å². The maximum Gasteiger partial charge on any atom is 0.241 e. The highest BCUT2D eigenvalue weighted by Gasteiger charge is 2.17. The quantitative estimate of drug-likeness (QED) is 0.713. The third kappa shape index (κ3) is 5.24. The second-order valence-electron chi connectivity index (χ2n) is 4.97. The molecule has 21 heavy (non-hydrogen) atoms. The normalized spacial score (nSPS) is 12.1. The number of methoxy groups -OCH3 is 2. The van der Waals surface area contributed by atoms with Gasteiger partial charge in [0.25, 0.3) is 0 Å². The lowest BCUT2D eigenvalue weighted by Crippen LogP contribution is -2.39. The van der Waals surface area contributed by atoms with E-state index in [1.807, 2.05) is 13.8 Å². The van der Waals surface area contributed by atoms with E-state index >= 15 is 0 Å². The summed E-state index contributed by atoms with van der Waals surface area (Å²) in [7, 11) is 3.16. The predicted molar refractivity (Wildman–Crippen MR) is 81.8 cm³/mol. The molecule has 0 fully saturated rings. The number of amides is 1. The van der Waals surface area contributed by atoms with Crippen molar-refractivity contribution in [2.45, 2.75) is 19.9 Å². The predicted octanol–water partition coefficient (Wildman–Crippen LogP) is 1.64. The SMILES string of the molecule is COCCOc1cc(NC(=O)[C@@H](N)C(C)C)ccc1OC. The van der Waals surface area contributed by atoms with E-state index in [-0.39, 0.29) is 11.8 Å². The zero-order valence-electron chi connectivity index (χ0n) is 13.0. The van der Waals surface area contributed by atoms with Crippen molar-refractivity contribution in [1.29, 1.82) is 0 Å². The number of benzene rings is 1. The fraction of sp³-hybridized carbons (Fsp3) is 0.533. The summed E-state index contributed by atoms with van der Waals surface area (Å²) in [4.78, 5) is 12.0. The first-order valence-electron chi connectivity index (χ1n) is 6.85. The molecule has 0 radical (unpaired) electrons. The Morgan fingerprint density at radius 1 is 1.24 bits per heavy atom. The highest BCUT2D eigenvalue weighted by Crippen LogP contribution is 2.30. The number of hydrogen-bond donors (Lipinski definition) is 2. The minimum absolute atomic E-state index is 0.0701. The summed E-state index contributed by atoms with van der Waals surface area (Å²) in [6, 6.07) is 4.63. The Morgan fingerprint density at radius 2 is 1.95 bits per heavy atom. The summed E-state index contributed by atoms with van der Waals surface area (Å²) in [6.45, 7) is 4.67. The fourth-order valence-corrected chi connectivity index (χ4v) is 1.63. The van der Waals surface area contributed by atoms with Crippen LogP contribution in [-0.2, 0) is 9.53 Å². The van der Waals surface area contributed by atoms with Gasteiger partial charge in [-0.25, -0.2) is 0 Å². The Balaban J connectivity index is 2.79. The van der Waals surface area contributed by atoms with Gasteiger partial charge in [-0.05, 0) is 18.1 Å². The van der Waals surface area contributed by atoms with Crippen LogP contribution in [0.1, 0.15) is 13.8 Å². The highest BCUT2D eigenvalue weighted by molar-refractivity contribution is 5.95. The van der Waals surface area contributed by atoms with E-state index < -0.39 is 6.04 Å². The van der Waals surface area contributed by atoms with Crippen LogP contribution in [0.2, 0.25) is 0 Å². The lowest BCUT2D eigenvalue weighted by atomic mass is 10.0. The Morgan fingerprint density at radius 3 is 2.52 bits per heavy atom. The van der Waals surface area contributed by atoms with Gasteiger partial charge in [0.1, 0.15) is 6.61 Å². The molecule has 6 nitrogen and oxygen atoms in total. The Labute approximate surface area is 125 Å². The van der Waals surface area contributed by atoms with Crippen LogP contribution in [0.15, 0.2) is 18.2 Å². The lowest BCUT2D eigenvalue weighted by Gasteiger charge is -2.16. The van der Waals surface area contributed by atoms with Gasteiger partial charge in [-0.3, -0.25) is 4.79 Å². The molecule has 0 heterocycles. The number of anilines is 1. The van der Waals surface area contributed by atoms with Crippen molar-refractivity contribution in [2.24, 2.45) is 11.7 Å². The minimum atomic E-state index is -0.551. The van der Waals surface area contributed by atoms with E-state index in [2.05, 4.69) is 5.32 Å². The van der Waals surface area contributed by atoms with Crippen LogP contribution in [0.25, 0.3) is 0 Å². The van der Waals surface area contributed by atoms with Gasteiger partial charge in [0.05, 0.1) is 19.8 Å². The molecule has 0 unspecified atom stereocenters. The van der Waals surface area contributed by atoms with Crippen LogP contribution in [0.4, 0.5) is 5.69 Å². The molecule has 3 N–H and O–H groups in total. The third-order valence-corrected chi connectivity index (χ3v) is 3.00. The fourth-order valence-electron chi connectivity index (χ4n) is 1.63. The second kappa shape index (κ2) is 8.49. The summed E-state index contributed by atoms with van der Waals surface area (Å²) in [6.07, 6.45) is 0. The molecule has 0 aliphatic heterocycles. The number of carbonyl (C=O) groups excluding carboxylic acids is 1. The maximum atomic E-state index is 12.0. The van der Waals surface area contributed by atoms with Gasteiger partial charge in [-0.2, -0.15) is 0 Å². The topological polar surface area (TPSA) is 82.8 Å². The molecule has 0 saturated carbocycles. The molecule has 1 aromatic rings. The van der Waals surface area contributed by atoms with Crippen molar-refractivity contribution < 1.29 is 19.0 Å². The zero-order chi connectivity index (χ0) is 15.8. The molecule has 0 aliphatic rings. The van der Waals surface area contributed by atoms with Gasteiger partial charge in [-0.15, -0.1) is 0 Å². The second-order valence-corrected chi connectivity index (χ2v) is 4.97. The summed E-state index contributed by atoms with van der Waals surface area (Å²) in [5.74, 6) is 0.987. The minimum Gasteiger partial charge on any atom is -0.493 e. The molecule has 0 aliphatic carbocycles. The summed E-state index contributed by atoms with van der Waals surface area (Å²) >= 11 is 0. The van der Waals surface area contributed by atoms with Gasteiger partial charge in [-0.1, -0.05) is 13.8 Å². The molecule has 1 aromatic carbocycles. The number of ether oxygens (including phenoxy) is 3. The van der Waals surface area contributed by atoms with E-state index in [4.69, 9.17) is 19.9 Å². The van der Waals surface area contributed by atoms with E-state index in [0.29, 0.717) is 30.4 Å². The number of nitrogens with one attached hydrogen (secondary N) is 1. The van der Waals surface area contributed by atoms with Gasteiger partial charge < -0.3 is 25.3 Å². The van der Waals surface area contributed by atoms with Gasteiger partial charge in [0.15, 0.2) is 11.5 Å². The lowest BCUT2D eigenvalue weighted by molar-refractivity contribution is -0.118. The van der Waals surface area contributed by atoms with E-state index in [9.17, 15) is 4.79 Å². The van der Waals surface area contributed by atoms with E-state index in [0.717, 1.165) is 0 Å². The molecular formula is C15H24N2O4. The monoisotopic (exact) mass is 296 g/mol. The molecule has 0 saturated heterocycles. The number of nitrogens with two attached hydrogens (primary N) is 1. The highest BCUT2D eigenvalue weighted by atomic mass is 16.5. The van der Waals surface area contributed by atoms with Gasteiger partial charge in [0, 0.05) is 18.9 Å². The summed E-state index contributed by atoms with van der Waals surface area (Å²) in [5.41, 5.74) is 6.43. The summed E-state index contributed by atoms with van der Waals surface area (Å²) < 4.78 is 15.7. The molecule has 1 rings (SSSR count). The standard InChI is InChI=1S/C15H24N2O4/c1-10(2)14(16)15(18)17-11-5-6-12(20-4)13(9-11)21-8-7-19-3/h5-6,9-10,14H,7-8,16H2,1-4H3,(H,17,18)/t14-/m0/s1. The van der Waals surface area contributed by atoms with Crippen molar-refractivity contribution in [3.05, 3.63) is 18.2 Å². The smallest absolute Gasteiger partial charge is 0.241 e. The average Bonchev–Trinajstić information content (AvgIpc) is 2.46. The number of hydrogen-bond acceptors (Lipinski definition) is 5. The van der Waals surface area contributed by atoms with Crippen LogP contribution in [-0.4, -0.2) is 39.4 Å². The molecule has 0 spiro atoms. The molecule has 118 valence electrons. The third-order valence-electron chi connectivity index (χ3n) is 3.00. The molecule has 1 atom stereocenters. The van der Waals surface area contributed by atoms with E-state index in [1.165, 1.54) is 0 Å². The van der Waals surface area contributed by atoms with Gasteiger partial charge >= 0.3 is 0 Å². The number of carbonyl (C=O) groups is 1. The maximum absolute atomic E-state index is 12.0. The molecule has 1 amide bonds. The van der Waals surface area contributed by atoms with Crippen LogP contribution in [0.3, 0.4) is 0 Å². The first-order valence-corrected chi connectivity index (χ1v) is 6.85. The van der Waals surface area contributed by atoms with Crippen LogP contribution in [0.5, 0.6) is 11.5 Å². The van der Waals surface area contributed by atoms with Crippen molar-refractivity contribution in [1.82, 2.24) is 0 Å². The average molecular weight is 296 g/mol. The molecule has 0 bridgehead atoms. The van der Waals surface area contributed by atoms with Gasteiger partial charge in [0.2, 0.25) is 5.91 Å². The zero-order valence-corrected chi connectivity index (χ0v) is 13.0. The Bertz CT molecular complexity index is 463. The molecular weight excluding hydrogens is 272 g/mol. The first-order chi connectivity index (χ1) is 9.99. The largest absolute Gasteiger partial charge is 0.493 e. The van der Waals surface area contributed by atoms with Crippen molar-refractivity contribution >= 4 is 11.6 Å². The van der Waals surface area contributed by atoms with Crippen LogP contribution < -0.4 is 20.5 Å². The van der Waals surface area contributed by atoms with E-state index in [1.54, 1.807) is 32.4 Å². The van der Waals surface area contributed by atoms with Crippen molar-refractivity contribution in [3.8, 4) is 11.5 Å². The first kappa shape index (κ1) is 17.3. The molecule has 0 aromatic heterocycles. The Kier molecular flexibility index (Phi) is 6.98. The van der Waals surface area contributed by atoms with Crippen molar-refractivity contribution in [2.75, 3.05) is 32.8 Å². The summed E-state index contributed by atoms with van der Waals surface area (Å²) in [5, 5.41) is 2.77. The molecule has 6 heteroatoms. The van der Waals surface area contributed by atoms with Crippen LogP contribution >= 0.6 is 0 Å². The van der Waals surface area contributed by atoms with Crippen LogP contribution in [0, 0.1) is 5.92 Å². The Hall–Kier alpha value is -1.79.